The van der Waals surface area contributed by atoms with Crippen molar-refractivity contribution in [2.45, 2.75) is 6.92 Å². The van der Waals surface area contributed by atoms with Crippen molar-refractivity contribution in [2.24, 2.45) is 0 Å². The second kappa shape index (κ2) is 8.15. The lowest BCUT2D eigenvalue weighted by Gasteiger charge is -2.06. The van der Waals surface area contributed by atoms with Crippen LogP contribution in [0.2, 0.25) is 0 Å². The quantitative estimate of drug-likeness (QED) is 0.203. The average Bonchev–Trinajstić information content (AvgIpc) is 3.18. The Hall–Kier alpha value is -4.40. The average molecular weight is 415 g/mol. The molecular formula is C22H17N5O4. The number of ether oxygens (including phenoxy) is 1. The minimum absolute atomic E-state index is 0.0290. The van der Waals surface area contributed by atoms with Crippen LogP contribution in [0, 0.1) is 17.0 Å². The fourth-order valence-corrected chi connectivity index (χ4v) is 3.16. The third kappa shape index (κ3) is 3.88. The molecule has 0 fully saturated rings. The maximum Gasteiger partial charge on any atom is 0.269 e. The van der Waals surface area contributed by atoms with Crippen molar-refractivity contribution in [2.75, 3.05) is 7.11 Å². The van der Waals surface area contributed by atoms with E-state index in [1.807, 2.05) is 30.3 Å². The van der Waals surface area contributed by atoms with Crippen LogP contribution in [-0.2, 0) is 0 Å². The summed E-state index contributed by atoms with van der Waals surface area (Å²) in [4.78, 5) is 27.5. The molecule has 31 heavy (non-hydrogen) atoms. The second-order valence-electron chi connectivity index (χ2n) is 6.69. The Labute approximate surface area is 176 Å². The van der Waals surface area contributed by atoms with E-state index in [-0.39, 0.29) is 17.2 Å². The van der Waals surface area contributed by atoms with Gasteiger partial charge in [-0.3, -0.25) is 14.9 Å². The van der Waals surface area contributed by atoms with Crippen LogP contribution in [0.15, 0.2) is 60.7 Å². The molecule has 0 amide bonds. The molecule has 0 aliphatic heterocycles. The summed E-state index contributed by atoms with van der Waals surface area (Å²) in [5.41, 5.74) is 2.70. The SMILES string of the molecule is COc1nc2ccccc2cc1/C=C/C(=O)c1nnn(-c2ccc([N+](=O)[O-])cc2)c1C. The molecule has 2 aromatic heterocycles. The van der Waals surface area contributed by atoms with E-state index in [2.05, 4.69) is 15.3 Å². The number of hydrogen-bond acceptors (Lipinski definition) is 7. The minimum Gasteiger partial charge on any atom is -0.481 e. The predicted molar refractivity (Wildman–Crippen MR) is 114 cm³/mol. The summed E-state index contributed by atoms with van der Waals surface area (Å²) in [5.74, 6) is 0.0786. The molecule has 0 spiro atoms. The van der Waals surface area contributed by atoms with Crippen LogP contribution in [0.4, 0.5) is 5.69 Å². The molecule has 0 bridgehead atoms. The summed E-state index contributed by atoms with van der Waals surface area (Å²) < 4.78 is 6.81. The number of allylic oxidation sites excluding steroid dienone is 1. The molecule has 4 aromatic rings. The largest absolute Gasteiger partial charge is 0.481 e. The van der Waals surface area contributed by atoms with Crippen LogP contribution in [0.5, 0.6) is 5.88 Å². The highest BCUT2D eigenvalue weighted by atomic mass is 16.6. The molecule has 0 saturated heterocycles. The zero-order chi connectivity index (χ0) is 22.0. The summed E-state index contributed by atoms with van der Waals surface area (Å²) in [6.45, 7) is 1.71. The zero-order valence-corrected chi connectivity index (χ0v) is 16.7. The molecule has 2 aromatic carbocycles. The van der Waals surface area contributed by atoms with Crippen molar-refractivity contribution in [1.82, 2.24) is 20.0 Å². The van der Waals surface area contributed by atoms with Gasteiger partial charge in [0.15, 0.2) is 5.69 Å². The Morgan fingerprint density at radius 1 is 1.16 bits per heavy atom. The first-order valence-corrected chi connectivity index (χ1v) is 9.31. The number of nitro benzene ring substituents is 1. The maximum absolute atomic E-state index is 12.7. The number of ketones is 1. The number of fused-ring (bicyclic) bond motifs is 1. The van der Waals surface area contributed by atoms with E-state index in [0.29, 0.717) is 22.8 Å². The first-order valence-electron chi connectivity index (χ1n) is 9.31. The summed E-state index contributed by atoms with van der Waals surface area (Å²) in [6, 6.07) is 15.4. The van der Waals surface area contributed by atoms with Crippen molar-refractivity contribution < 1.29 is 14.5 Å². The number of hydrogen-bond donors (Lipinski definition) is 0. The number of rotatable bonds is 6. The lowest BCUT2D eigenvalue weighted by molar-refractivity contribution is -0.384. The Kier molecular flexibility index (Phi) is 5.23. The zero-order valence-electron chi connectivity index (χ0n) is 16.7. The van der Waals surface area contributed by atoms with Crippen molar-refractivity contribution in [3.63, 3.8) is 0 Å². The Morgan fingerprint density at radius 3 is 2.61 bits per heavy atom. The van der Waals surface area contributed by atoms with Crippen LogP contribution in [0.3, 0.4) is 0 Å². The molecule has 9 nitrogen and oxygen atoms in total. The Bertz CT molecular complexity index is 1330. The van der Waals surface area contributed by atoms with Crippen LogP contribution in [-0.4, -0.2) is 37.8 Å². The van der Waals surface area contributed by atoms with Gasteiger partial charge in [-0.1, -0.05) is 23.4 Å². The van der Waals surface area contributed by atoms with E-state index >= 15 is 0 Å². The minimum atomic E-state index is -0.479. The molecule has 0 aliphatic carbocycles. The number of nitro groups is 1. The van der Waals surface area contributed by atoms with Crippen LogP contribution >= 0.6 is 0 Å². The third-order valence-electron chi connectivity index (χ3n) is 4.76. The first kappa shape index (κ1) is 19.9. The number of nitrogens with zero attached hydrogens (tertiary/aromatic N) is 5. The smallest absolute Gasteiger partial charge is 0.269 e. The van der Waals surface area contributed by atoms with Gasteiger partial charge < -0.3 is 4.74 Å². The van der Waals surface area contributed by atoms with Gasteiger partial charge in [0.05, 0.1) is 28.9 Å². The van der Waals surface area contributed by atoms with Crippen LogP contribution < -0.4 is 4.74 Å². The van der Waals surface area contributed by atoms with E-state index in [9.17, 15) is 14.9 Å². The molecule has 0 saturated carbocycles. The molecule has 0 radical (unpaired) electrons. The molecule has 2 heterocycles. The van der Waals surface area contributed by atoms with Gasteiger partial charge in [0.25, 0.3) is 5.69 Å². The lowest BCUT2D eigenvalue weighted by Crippen LogP contribution is -2.02. The number of benzene rings is 2. The summed E-state index contributed by atoms with van der Waals surface area (Å²) >= 11 is 0. The Balaban J connectivity index is 1.62. The molecule has 0 unspecified atom stereocenters. The second-order valence-corrected chi connectivity index (χ2v) is 6.69. The number of non-ortho nitro benzene ring substituents is 1. The topological polar surface area (TPSA) is 113 Å². The molecule has 9 heteroatoms. The molecule has 0 atom stereocenters. The Morgan fingerprint density at radius 2 is 1.90 bits per heavy atom. The first-order chi connectivity index (χ1) is 15.0. The van der Waals surface area contributed by atoms with E-state index < -0.39 is 4.92 Å². The number of para-hydroxylation sites is 1. The number of pyridine rings is 1. The highest BCUT2D eigenvalue weighted by Crippen LogP contribution is 2.24. The monoisotopic (exact) mass is 415 g/mol. The van der Waals surface area contributed by atoms with Crippen LogP contribution in [0.25, 0.3) is 22.7 Å². The van der Waals surface area contributed by atoms with Gasteiger partial charge in [-0.25, -0.2) is 9.67 Å². The molecule has 154 valence electrons. The molecular weight excluding hydrogens is 398 g/mol. The summed E-state index contributed by atoms with van der Waals surface area (Å²) in [7, 11) is 1.52. The van der Waals surface area contributed by atoms with Crippen molar-refractivity contribution >= 4 is 28.4 Å². The lowest BCUT2D eigenvalue weighted by atomic mass is 10.1. The van der Waals surface area contributed by atoms with Crippen LogP contribution in [0.1, 0.15) is 21.7 Å². The predicted octanol–water partition coefficient (Wildman–Crippen LogP) is 3.94. The number of methoxy groups -OCH3 is 1. The van der Waals surface area contributed by atoms with Gasteiger partial charge in [0, 0.05) is 23.1 Å². The molecule has 0 N–H and O–H groups in total. The van der Waals surface area contributed by atoms with Gasteiger partial charge >= 0.3 is 0 Å². The van der Waals surface area contributed by atoms with E-state index in [4.69, 9.17) is 4.74 Å². The highest BCUT2D eigenvalue weighted by Gasteiger charge is 2.16. The van der Waals surface area contributed by atoms with E-state index in [0.717, 1.165) is 10.9 Å². The van der Waals surface area contributed by atoms with Crippen molar-refractivity contribution in [3.05, 3.63) is 87.7 Å². The highest BCUT2D eigenvalue weighted by molar-refractivity contribution is 6.06. The number of aromatic nitrogens is 4. The molecule has 0 aliphatic rings. The van der Waals surface area contributed by atoms with Crippen molar-refractivity contribution in [3.8, 4) is 11.6 Å². The molecule has 4 rings (SSSR count). The van der Waals surface area contributed by atoms with E-state index in [1.54, 1.807) is 25.1 Å². The maximum atomic E-state index is 12.7. The van der Waals surface area contributed by atoms with Gasteiger partial charge in [0.2, 0.25) is 11.7 Å². The third-order valence-corrected chi connectivity index (χ3v) is 4.76. The standard InChI is InChI=1S/C22H17N5O4/c1-14-21(24-25-26(14)17-8-10-18(11-9-17)27(29)30)20(28)12-7-16-13-15-5-3-4-6-19(15)23-22(16)31-2/h3-13H,1-2H3/b12-7+. The number of carbonyl (C=O) groups is 1. The summed E-state index contributed by atoms with van der Waals surface area (Å²) in [5, 5.41) is 19.7. The van der Waals surface area contributed by atoms with E-state index in [1.165, 1.54) is 30.0 Å². The van der Waals surface area contributed by atoms with Crippen molar-refractivity contribution in [1.29, 1.82) is 0 Å². The van der Waals surface area contributed by atoms with Gasteiger partial charge in [-0.15, -0.1) is 5.10 Å². The van der Waals surface area contributed by atoms with Gasteiger partial charge in [-0.05, 0) is 43.3 Å². The summed E-state index contributed by atoms with van der Waals surface area (Å²) in [6.07, 6.45) is 3.02. The fourth-order valence-electron chi connectivity index (χ4n) is 3.16. The number of carbonyl (C=O) groups excluding carboxylic acids is 1. The van der Waals surface area contributed by atoms with Gasteiger partial charge in [0.1, 0.15) is 0 Å². The van der Waals surface area contributed by atoms with Gasteiger partial charge in [-0.2, -0.15) is 0 Å². The fraction of sp³-hybridized carbons (Fsp3) is 0.0909. The normalized spacial score (nSPS) is 11.2.